The van der Waals surface area contributed by atoms with Gasteiger partial charge >= 0.3 is 0 Å². The van der Waals surface area contributed by atoms with Crippen molar-refractivity contribution in [1.82, 2.24) is 10.1 Å². The van der Waals surface area contributed by atoms with Gasteiger partial charge < -0.3 is 0 Å². The molecule has 0 bridgehead atoms. The van der Waals surface area contributed by atoms with E-state index in [0.717, 1.165) is 6.54 Å². The van der Waals surface area contributed by atoms with Gasteiger partial charge in [-0.15, -0.1) is 0 Å². The molecule has 0 N–H and O–H groups in total. The van der Waals surface area contributed by atoms with Crippen LogP contribution in [0.15, 0.2) is 5.10 Å². The van der Waals surface area contributed by atoms with E-state index in [1.54, 1.807) is 5.12 Å². The first-order valence-corrected chi connectivity index (χ1v) is 2.28. The number of nitrogens with zero attached hydrogens (tertiary/aromatic N) is 3. The molecule has 0 aromatic rings. The second-order valence-electron chi connectivity index (χ2n) is 1.63. The predicted octanol–water partition coefficient (Wildman–Crippen LogP) is -0.236. The van der Waals surface area contributed by atoms with Gasteiger partial charge in [-0.05, 0) is 0 Å². The predicted molar refractivity (Wildman–Crippen MR) is 28.9 cm³/mol. The van der Waals surface area contributed by atoms with Gasteiger partial charge in [-0.2, -0.15) is 5.10 Å². The third kappa shape index (κ3) is 0.718. The van der Waals surface area contributed by atoms with Crippen LogP contribution in [-0.4, -0.2) is 37.0 Å². The standard InChI is InChI=1S/C4H9N3/c1-6-4-3-5-7(6)2/h3H,4H2,1-2H3. The van der Waals surface area contributed by atoms with E-state index in [-0.39, 0.29) is 0 Å². The summed E-state index contributed by atoms with van der Waals surface area (Å²) >= 11 is 0. The van der Waals surface area contributed by atoms with Crippen molar-refractivity contribution in [2.24, 2.45) is 5.10 Å². The summed E-state index contributed by atoms with van der Waals surface area (Å²) in [6.07, 6.45) is 1.88. The Morgan fingerprint density at radius 2 is 2.29 bits per heavy atom. The zero-order chi connectivity index (χ0) is 5.28. The zero-order valence-electron chi connectivity index (χ0n) is 4.63. The zero-order valence-corrected chi connectivity index (χ0v) is 4.63. The lowest BCUT2D eigenvalue weighted by Gasteiger charge is -2.16. The van der Waals surface area contributed by atoms with Crippen molar-refractivity contribution in [3.8, 4) is 0 Å². The molecule has 40 valence electrons. The maximum absolute atomic E-state index is 3.95. The van der Waals surface area contributed by atoms with Crippen LogP contribution in [0.5, 0.6) is 0 Å². The van der Waals surface area contributed by atoms with Crippen molar-refractivity contribution in [1.29, 1.82) is 0 Å². The molecule has 0 aliphatic carbocycles. The maximum atomic E-state index is 3.95. The summed E-state index contributed by atoms with van der Waals surface area (Å²) in [6.45, 7) is 0.941. The van der Waals surface area contributed by atoms with Crippen molar-refractivity contribution >= 4 is 6.21 Å². The van der Waals surface area contributed by atoms with Crippen LogP contribution in [0.2, 0.25) is 0 Å². The lowest BCUT2D eigenvalue weighted by molar-refractivity contribution is 0.0687. The fourth-order valence-electron chi connectivity index (χ4n) is 0.479. The fourth-order valence-corrected chi connectivity index (χ4v) is 0.479. The highest BCUT2D eigenvalue weighted by molar-refractivity contribution is 5.60. The summed E-state index contributed by atoms with van der Waals surface area (Å²) in [6, 6.07) is 0. The Labute approximate surface area is 43.2 Å². The molecular formula is C4H9N3. The first kappa shape index (κ1) is 4.59. The smallest absolute Gasteiger partial charge is 0.0566 e. The van der Waals surface area contributed by atoms with E-state index >= 15 is 0 Å². The number of hydrogen-bond donors (Lipinski definition) is 0. The van der Waals surface area contributed by atoms with E-state index in [1.165, 1.54) is 0 Å². The van der Waals surface area contributed by atoms with Crippen molar-refractivity contribution in [2.45, 2.75) is 0 Å². The highest BCUT2D eigenvalue weighted by Crippen LogP contribution is 1.94. The minimum absolute atomic E-state index is 0.941. The second kappa shape index (κ2) is 1.50. The van der Waals surface area contributed by atoms with Crippen LogP contribution in [-0.2, 0) is 0 Å². The summed E-state index contributed by atoms with van der Waals surface area (Å²) in [5.74, 6) is 0. The van der Waals surface area contributed by atoms with Crippen LogP contribution in [0, 0.1) is 0 Å². The van der Waals surface area contributed by atoms with Crippen LogP contribution in [0.4, 0.5) is 0 Å². The van der Waals surface area contributed by atoms with E-state index in [2.05, 4.69) is 5.10 Å². The first-order chi connectivity index (χ1) is 3.30. The Morgan fingerprint density at radius 1 is 1.57 bits per heavy atom. The third-order valence-electron chi connectivity index (χ3n) is 1.09. The Kier molecular flexibility index (Phi) is 0.982. The Bertz CT molecular complexity index is 88.9. The summed E-state index contributed by atoms with van der Waals surface area (Å²) in [7, 11) is 3.91. The van der Waals surface area contributed by atoms with E-state index in [0.29, 0.717) is 0 Å². The van der Waals surface area contributed by atoms with Crippen LogP contribution in [0.3, 0.4) is 0 Å². The molecule has 0 unspecified atom stereocenters. The molecule has 1 rings (SSSR count). The average Bonchev–Trinajstić information content (AvgIpc) is 1.91. The molecule has 0 spiro atoms. The number of hydrazone groups is 1. The lowest BCUT2D eigenvalue weighted by atomic mass is 10.7. The monoisotopic (exact) mass is 99.1 g/mol. The number of rotatable bonds is 0. The summed E-state index contributed by atoms with van der Waals surface area (Å²) < 4.78 is 0. The molecule has 0 fully saturated rings. The molecule has 7 heavy (non-hydrogen) atoms. The van der Waals surface area contributed by atoms with Crippen LogP contribution in [0.25, 0.3) is 0 Å². The number of hydrogen-bond acceptors (Lipinski definition) is 3. The molecule has 3 nitrogen and oxygen atoms in total. The van der Waals surface area contributed by atoms with Crippen molar-refractivity contribution < 1.29 is 0 Å². The van der Waals surface area contributed by atoms with Gasteiger partial charge in [-0.25, -0.2) is 10.1 Å². The molecule has 0 saturated carbocycles. The van der Waals surface area contributed by atoms with Gasteiger partial charge in [-0.3, -0.25) is 0 Å². The largest absolute Gasteiger partial charge is 0.231 e. The van der Waals surface area contributed by atoms with Crippen molar-refractivity contribution in [3.63, 3.8) is 0 Å². The Morgan fingerprint density at radius 3 is 2.43 bits per heavy atom. The van der Waals surface area contributed by atoms with E-state index in [1.807, 2.05) is 25.3 Å². The normalized spacial score (nSPS) is 21.7. The van der Waals surface area contributed by atoms with Gasteiger partial charge in [0.2, 0.25) is 0 Å². The van der Waals surface area contributed by atoms with E-state index in [9.17, 15) is 0 Å². The van der Waals surface area contributed by atoms with Crippen LogP contribution < -0.4 is 0 Å². The molecule has 1 aliphatic rings. The van der Waals surface area contributed by atoms with Gasteiger partial charge in [0.05, 0.1) is 6.54 Å². The molecule has 0 radical (unpaired) electrons. The van der Waals surface area contributed by atoms with E-state index < -0.39 is 0 Å². The Balaban J connectivity index is 2.45. The van der Waals surface area contributed by atoms with Crippen molar-refractivity contribution in [3.05, 3.63) is 0 Å². The van der Waals surface area contributed by atoms with Crippen LogP contribution in [0.1, 0.15) is 0 Å². The average molecular weight is 99.1 g/mol. The Hall–Kier alpha value is -0.570. The van der Waals surface area contributed by atoms with Gasteiger partial charge in [0.1, 0.15) is 0 Å². The summed E-state index contributed by atoms with van der Waals surface area (Å²) in [5.41, 5.74) is 0. The molecule has 1 heterocycles. The molecule has 0 atom stereocenters. The van der Waals surface area contributed by atoms with Crippen LogP contribution >= 0.6 is 0 Å². The minimum Gasteiger partial charge on any atom is -0.231 e. The third-order valence-corrected chi connectivity index (χ3v) is 1.09. The van der Waals surface area contributed by atoms with Gasteiger partial charge in [0.15, 0.2) is 0 Å². The quantitative estimate of drug-likeness (QED) is 0.417. The highest BCUT2D eigenvalue weighted by atomic mass is 15.8. The fraction of sp³-hybridized carbons (Fsp3) is 0.750. The number of hydrazine groups is 1. The highest BCUT2D eigenvalue weighted by Gasteiger charge is 2.04. The molecule has 1 aliphatic heterocycles. The second-order valence-corrected chi connectivity index (χ2v) is 1.63. The molecule has 0 aromatic carbocycles. The SMILES string of the molecule is CN1CC=NN1C. The molecule has 3 heteroatoms. The summed E-state index contributed by atoms with van der Waals surface area (Å²) in [5, 5.41) is 7.77. The van der Waals surface area contributed by atoms with Gasteiger partial charge in [-0.1, -0.05) is 0 Å². The summed E-state index contributed by atoms with van der Waals surface area (Å²) in [4.78, 5) is 0. The van der Waals surface area contributed by atoms with Crippen molar-refractivity contribution in [2.75, 3.05) is 20.6 Å². The topological polar surface area (TPSA) is 18.8 Å². The van der Waals surface area contributed by atoms with Gasteiger partial charge in [0, 0.05) is 20.3 Å². The maximum Gasteiger partial charge on any atom is 0.0566 e. The molecule has 0 saturated heterocycles. The minimum atomic E-state index is 0.941. The molecular weight excluding hydrogens is 90.1 g/mol. The molecule has 0 amide bonds. The van der Waals surface area contributed by atoms with Gasteiger partial charge in [0.25, 0.3) is 0 Å². The molecule has 0 aromatic heterocycles. The van der Waals surface area contributed by atoms with E-state index in [4.69, 9.17) is 0 Å². The lowest BCUT2D eigenvalue weighted by Crippen LogP contribution is -2.27. The first-order valence-electron chi connectivity index (χ1n) is 2.28.